The van der Waals surface area contributed by atoms with E-state index in [4.69, 9.17) is 0 Å². The quantitative estimate of drug-likeness (QED) is 0.647. The average molecular weight is 307 g/mol. The summed E-state index contributed by atoms with van der Waals surface area (Å²) in [5.41, 5.74) is 1.33. The van der Waals surface area contributed by atoms with Gasteiger partial charge in [0.05, 0.1) is 8.93 Å². The van der Waals surface area contributed by atoms with Crippen LogP contribution in [0.4, 0.5) is 0 Å². The lowest BCUT2D eigenvalue weighted by molar-refractivity contribution is 0.615. The van der Waals surface area contributed by atoms with Gasteiger partial charge in [-0.05, 0) is 52.6 Å². The highest BCUT2D eigenvalue weighted by Gasteiger charge is 2.07. The second-order valence-electron chi connectivity index (χ2n) is 2.85. The lowest BCUT2D eigenvalue weighted by Gasteiger charge is -2.11. The molecule has 0 aliphatic heterocycles. The zero-order chi connectivity index (χ0) is 9.68. The van der Waals surface area contributed by atoms with E-state index in [1.165, 1.54) is 8.45 Å². The Morgan fingerprint density at radius 3 is 3.00 bits per heavy atom. The minimum absolute atomic E-state index is 0.319. The highest BCUT2D eigenvalue weighted by atomic mass is 127. The fraction of sp³-hybridized carbons (Fsp3) is 0.400. The summed E-state index contributed by atoms with van der Waals surface area (Å²) in [5, 5.41) is 5.63. The predicted molar refractivity (Wildman–Crippen MR) is 68.3 cm³/mol. The topological polar surface area (TPSA) is 12.0 Å². The second-order valence-corrected chi connectivity index (χ2v) is 5.66. The molecule has 0 fully saturated rings. The molecule has 0 saturated carbocycles. The van der Waals surface area contributed by atoms with Crippen LogP contribution < -0.4 is 5.32 Å². The minimum Gasteiger partial charge on any atom is -0.307 e. The Balaban J connectivity index is 2.61. The summed E-state index contributed by atoms with van der Waals surface area (Å²) in [6.45, 7) is 7.06. The molecule has 72 valence electrons. The summed E-state index contributed by atoms with van der Waals surface area (Å²) in [4.78, 5) is 0. The van der Waals surface area contributed by atoms with Crippen LogP contribution in [0.15, 0.2) is 24.1 Å². The van der Waals surface area contributed by atoms with Crippen LogP contribution in [0.5, 0.6) is 0 Å². The first kappa shape index (κ1) is 11.2. The first-order valence-corrected chi connectivity index (χ1v) is 6.33. The fourth-order valence-electron chi connectivity index (χ4n) is 1.12. The Hall–Kier alpha value is 0.130. The first-order valence-electron chi connectivity index (χ1n) is 4.37. The zero-order valence-corrected chi connectivity index (χ0v) is 10.7. The Bertz CT molecular complexity index is 270. The van der Waals surface area contributed by atoms with Gasteiger partial charge in [0.25, 0.3) is 0 Å². The number of nitrogens with one attached hydrogen (secondary N) is 1. The van der Waals surface area contributed by atoms with Crippen molar-refractivity contribution in [3.8, 4) is 0 Å². The molecule has 0 spiro atoms. The van der Waals surface area contributed by atoms with Crippen molar-refractivity contribution in [2.45, 2.75) is 19.4 Å². The van der Waals surface area contributed by atoms with Crippen LogP contribution in [-0.4, -0.2) is 6.54 Å². The molecule has 3 heteroatoms. The van der Waals surface area contributed by atoms with Gasteiger partial charge in [0.2, 0.25) is 0 Å². The number of halogens is 1. The van der Waals surface area contributed by atoms with Crippen molar-refractivity contribution in [2.24, 2.45) is 0 Å². The van der Waals surface area contributed by atoms with Gasteiger partial charge in [0.15, 0.2) is 0 Å². The summed E-state index contributed by atoms with van der Waals surface area (Å²) >= 11 is 4.12. The molecule has 1 unspecified atom stereocenters. The van der Waals surface area contributed by atoms with Gasteiger partial charge in [-0.1, -0.05) is 13.0 Å². The lowest BCUT2D eigenvalue weighted by atomic mass is 10.1. The van der Waals surface area contributed by atoms with Gasteiger partial charge in [0.1, 0.15) is 0 Å². The van der Waals surface area contributed by atoms with Crippen molar-refractivity contribution in [3.05, 3.63) is 32.5 Å². The largest absolute Gasteiger partial charge is 0.307 e. The molecule has 0 aliphatic rings. The van der Waals surface area contributed by atoms with E-state index in [9.17, 15) is 0 Å². The molecule has 13 heavy (non-hydrogen) atoms. The summed E-state index contributed by atoms with van der Waals surface area (Å²) < 4.78 is 1.33. The van der Waals surface area contributed by atoms with Crippen LogP contribution in [-0.2, 0) is 0 Å². The van der Waals surface area contributed by atoms with E-state index in [2.05, 4.69) is 52.9 Å². The third-order valence-electron chi connectivity index (χ3n) is 1.80. The monoisotopic (exact) mass is 307 g/mol. The van der Waals surface area contributed by atoms with Crippen molar-refractivity contribution in [1.29, 1.82) is 0 Å². The van der Waals surface area contributed by atoms with E-state index in [1.54, 1.807) is 11.3 Å². The van der Waals surface area contributed by atoms with E-state index in [0.717, 1.165) is 13.0 Å². The Labute approximate surface area is 97.4 Å². The van der Waals surface area contributed by atoms with Gasteiger partial charge in [0, 0.05) is 0 Å². The van der Waals surface area contributed by atoms with Gasteiger partial charge in [-0.25, -0.2) is 0 Å². The molecule has 1 aromatic heterocycles. The number of rotatable bonds is 5. The SMILES string of the molecule is C=CC(NCCC)c1csc(I)c1. The van der Waals surface area contributed by atoms with E-state index in [-0.39, 0.29) is 0 Å². The van der Waals surface area contributed by atoms with Crippen LogP contribution in [0.25, 0.3) is 0 Å². The van der Waals surface area contributed by atoms with Gasteiger partial charge in [-0.2, -0.15) is 0 Å². The highest BCUT2D eigenvalue weighted by molar-refractivity contribution is 14.1. The maximum atomic E-state index is 3.84. The number of hydrogen-bond donors (Lipinski definition) is 1. The summed E-state index contributed by atoms with van der Waals surface area (Å²) in [5.74, 6) is 0. The average Bonchev–Trinajstić information content (AvgIpc) is 2.54. The van der Waals surface area contributed by atoms with Crippen molar-refractivity contribution in [1.82, 2.24) is 5.32 Å². The molecule has 0 radical (unpaired) electrons. The van der Waals surface area contributed by atoms with Gasteiger partial charge < -0.3 is 5.32 Å². The molecule has 1 aromatic rings. The molecule has 1 N–H and O–H groups in total. The minimum atomic E-state index is 0.319. The second kappa shape index (κ2) is 5.78. The van der Waals surface area contributed by atoms with Crippen LogP contribution >= 0.6 is 33.9 Å². The van der Waals surface area contributed by atoms with E-state index >= 15 is 0 Å². The number of thiophene rings is 1. The molecule has 0 aromatic carbocycles. The standard InChI is InChI=1S/C10H14INS/c1-3-5-12-9(4-2)8-6-10(11)13-7-8/h4,6-7,9,12H,2-3,5H2,1H3. The molecule has 0 amide bonds. The number of hydrogen-bond acceptors (Lipinski definition) is 2. The molecule has 0 saturated heterocycles. The zero-order valence-electron chi connectivity index (χ0n) is 7.72. The molecule has 0 aliphatic carbocycles. The molecular weight excluding hydrogens is 293 g/mol. The van der Waals surface area contributed by atoms with E-state index in [0.29, 0.717) is 6.04 Å². The van der Waals surface area contributed by atoms with Crippen LogP contribution in [0.1, 0.15) is 24.9 Å². The molecule has 0 bridgehead atoms. The Morgan fingerprint density at radius 1 is 1.77 bits per heavy atom. The fourth-order valence-corrected chi connectivity index (χ4v) is 2.53. The maximum absolute atomic E-state index is 3.84. The first-order chi connectivity index (χ1) is 6.27. The normalized spacial score (nSPS) is 12.8. The third kappa shape index (κ3) is 3.40. The highest BCUT2D eigenvalue weighted by Crippen LogP contribution is 2.22. The van der Waals surface area contributed by atoms with Crippen LogP contribution in [0, 0.1) is 2.88 Å². The molecular formula is C10H14INS. The third-order valence-corrected chi connectivity index (χ3v) is 3.60. The van der Waals surface area contributed by atoms with E-state index < -0.39 is 0 Å². The Kier molecular flexibility index (Phi) is 4.98. The van der Waals surface area contributed by atoms with Gasteiger partial charge in [-0.3, -0.25) is 0 Å². The molecule has 1 rings (SSSR count). The molecule has 1 nitrogen and oxygen atoms in total. The lowest BCUT2D eigenvalue weighted by Crippen LogP contribution is -2.19. The summed E-state index contributed by atoms with van der Waals surface area (Å²) in [7, 11) is 0. The maximum Gasteiger partial charge on any atom is 0.0656 e. The van der Waals surface area contributed by atoms with Crippen LogP contribution in [0.2, 0.25) is 0 Å². The van der Waals surface area contributed by atoms with Crippen molar-refractivity contribution in [3.63, 3.8) is 0 Å². The molecule has 1 atom stereocenters. The van der Waals surface area contributed by atoms with Crippen molar-refractivity contribution >= 4 is 33.9 Å². The molecule has 1 heterocycles. The van der Waals surface area contributed by atoms with Gasteiger partial charge >= 0.3 is 0 Å². The summed E-state index contributed by atoms with van der Waals surface area (Å²) in [6, 6.07) is 2.53. The Morgan fingerprint density at radius 2 is 2.54 bits per heavy atom. The van der Waals surface area contributed by atoms with Crippen LogP contribution in [0.3, 0.4) is 0 Å². The van der Waals surface area contributed by atoms with Crippen molar-refractivity contribution < 1.29 is 0 Å². The van der Waals surface area contributed by atoms with E-state index in [1.807, 2.05) is 6.08 Å². The smallest absolute Gasteiger partial charge is 0.0656 e. The predicted octanol–water partition coefficient (Wildman–Crippen LogP) is 3.58. The van der Waals surface area contributed by atoms with Gasteiger partial charge in [-0.15, -0.1) is 17.9 Å². The summed E-state index contributed by atoms with van der Waals surface area (Å²) in [6.07, 6.45) is 3.12. The van der Waals surface area contributed by atoms with Crippen molar-refractivity contribution in [2.75, 3.05) is 6.54 Å².